The van der Waals surface area contributed by atoms with Gasteiger partial charge in [0.2, 0.25) is 0 Å². The Morgan fingerprint density at radius 1 is 1.39 bits per heavy atom. The van der Waals surface area contributed by atoms with Gasteiger partial charge in [-0.1, -0.05) is 41.3 Å². The molecule has 0 saturated heterocycles. The first-order valence-electron chi connectivity index (χ1n) is 7.76. The van der Waals surface area contributed by atoms with Crippen molar-refractivity contribution in [3.8, 4) is 0 Å². The van der Waals surface area contributed by atoms with E-state index in [-0.39, 0.29) is 12.1 Å². The highest BCUT2D eigenvalue weighted by Crippen LogP contribution is 2.25. The van der Waals surface area contributed by atoms with Crippen LogP contribution in [0.15, 0.2) is 23.4 Å². The summed E-state index contributed by atoms with van der Waals surface area (Å²) in [6, 6.07) is 5.32. The minimum Gasteiger partial charge on any atom is -0.390 e. The number of carbonyl (C=O) groups excluding carboxylic acids is 1. The van der Waals surface area contributed by atoms with Gasteiger partial charge in [0.15, 0.2) is 6.10 Å². The van der Waals surface area contributed by atoms with Gasteiger partial charge >= 0.3 is 6.03 Å². The summed E-state index contributed by atoms with van der Waals surface area (Å²) in [7, 11) is 0. The van der Waals surface area contributed by atoms with Crippen molar-refractivity contribution >= 4 is 34.9 Å². The zero-order chi connectivity index (χ0) is 16.8. The number of oxime groups is 1. The zero-order valence-corrected chi connectivity index (χ0v) is 14.8. The molecule has 1 atom stereocenters. The van der Waals surface area contributed by atoms with Crippen LogP contribution in [0.4, 0.5) is 4.79 Å². The Balaban J connectivity index is 1.97. The number of hydrogen-bond acceptors (Lipinski definition) is 3. The molecule has 7 heteroatoms. The third kappa shape index (κ3) is 4.75. The maximum atomic E-state index is 12.0. The topological polar surface area (TPSA) is 53.9 Å². The normalized spacial score (nSPS) is 16.7. The predicted molar refractivity (Wildman–Crippen MR) is 93.4 cm³/mol. The van der Waals surface area contributed by atoms with Crippen LogP contribution in [0.25, 0.3) is 0 Å². The molecule has 0 unspecified atom stereocenters. The van der Waals surface area contributed by atoms with E-state index < -0.39 is 0 Å². The standard InChI is InChI=1S/C16H21Cl2N3O2/c1-3-7-21(16(22)19-4-2)10-12-9-15(20-23-12)11-5-6-13(17)14(18)8-11/h5-6,8,12H,3-4,7,9-10H2,1-2H3,(H,19,22)/t12-/m1/s1. The lowest BCUT2D eigenvalue weighted by molar-refractivity contribution is 0.0606. The van der Waals surface area contributed by atoms with Gasteiger partial charge in [-0.3, -0.25) is 0 Å². The highest BCUT2D eigenvalue weighted by Gasteiger charge is 2.26. The number of hydrogen-bond donors (Lipinski definition) is 1. The Kier molecular flexibility index (Phi) is 6.54. The Labute approximate surface area is 146 Å². The first-order valence-corrected chi connectivity index (χ1v) is 8.51. The lowest BCUT2D eigenvalue weighted by atomic mass is 10.0. The molecule has 1 heterocycles. The number of amides is 2. The average molecular weight is 358 g/mol. The number of urea groups is 1. The fraction of sp³-hybridized carbons (Fsp3) is 0.500. The monoisotopic (exact) mass is 357 g/mol. The van der Waals surface area contributed by atoms with Crippen molar-refractivity contribution in [1.29, 1.82) is 0 Å². The molecule has 0 saturated carbocycles. The Bertz CT molecular complexity index is 593. The van der Waals surface area contributed by atoms with Crippen LogP contribution < -0.4 is 5.32 Å². The molecule has 0 aromatic heterocycles. The number of carbonyl (C=O) groups is 1. The van der Waals surface area contributed by atoms with E-state index in [9.17, 15) is 4.79 Å². The van der Waals surface area contributed by atoms with E-state index in [1.165, 1.54) is 0 Å². The summed E-state index contributed by atoms with van der Waals surface area (Å²) in [6.07, 6.45) is 1.38. The van der Waals surface area contributed by atoms with Crippen molar-refractivity contribution in [1.82, 2.24) is 10.2 Å². The first kappa shape index (κ1) is 17.9. The Morgan fingerprint density at radius 3 is 2.83 bits per heavy atom. The van der Waals surface area contributed by atoms with Gasteiger partial charge in [0.25, 0.3) is 0 Å². The van der Waals surface area contributed by atoms with Crippen LogP contribution in [0.5, 0.6) is 0 Å². The minimum absolute atomic E-state index is 0.0686. The van der Waals surface area contributed by atoms with Gasteiger partial charge in [-0.05, 0) is 25.5 Å². The second-order valence-electron chi connectivity index (χ2n) is 5.38. The number of nitrogens with one attached hydrogen (secondary N) is 1. The van der Waals surface area contributed by atoms with E-state index in [4.69, 9.17) is 28.0 Å². The van der Waals surface area contributed by atoms with Gasteiger partial charge in [-0.25, -0.2) is 4.79 Å². The minimum atomic E-state index is -0.145. The fourth-order valence-electron chi connectivity index (χ4n) is 2.43. The number of benzene rings is 1. The summed E-state index contributed by atoms with van der Waals surface area (Å²) in [5.41, 5.74) is 1.71. The van der Waals surface area contributed by atoms with Crippen LogP contribution in [0.2, 0.25) is 10.0 Å². The van der Waals surface area contributed by atoms with E-state index in [0.717, 1.165) is 17.7 Å². The van der Waals surface area contributed by atoms with Gasteiger partial charge in [-0.15, -0.1) is 0 Å². The Morgan fingerprint density at radius 2 is 2.17 bits per heavy atom. The first-order chi connectivity index (χ1) is 11.0. The number of rotatable bonds is 6. The largest absolute Gasteiger partial charge is 0.390 e. The molecule has 2 rings (SSSR count). The van der Waals surface area contributed by atoms with Gasteiger partial charge in [0, 0.05) is 25.1 Å². The Hall–Kier alpha value is -1.46. The van der Waals surface area contributed by atoms with Gasteiger partial charge in [0.05, 0.1) is 22.3 Å². The van der Waals surface area contributed by atoms with E-state index in [1.807, 2.05) is 19.9 Å². The van der Waals surface area contributed by atoms with Crippen LogP contribution in [-0.4, -0.2) is 42.4 Å². The van der Waals surface area contributed by atoms with Gasteiger partial charge in [-0.2, -0.15) is 0 Å². The highest BCUT2D eigenvalue weighted by molar-refractivity contribution is 6.42. The van der Waals surface area contributed by atoms with Gasteiger partial charge in [0.1, 0.15) is 0 Å². The third-order valence-corrected chi connectivity index (χ3v) is 4.26. The van der Waals surface area contributed by atoms with Crippen LogP contribution in [0, 0.1) is 0 Å². The number of nitrogens with zero attached hydrogens (tertiary/aromatic N) is 2. The molecule has 0 bridgehead atoms. The van der Waals surface area contributed by atoms with E-state index in [0.29, 0.717) is 36.1 Å². The molecule has 0 aliphatic carbocycles. The molecule has 2 amide bonds. The molecular weight excluding hydrogens is 337 g/mol. The van der Waals surface area contributed by atoms with Crippen LogP contribution in [0.3, 0.4) is 0 Å². The SMILES string of the molecule is CCCN(C[C@H]1CC(c2ccc(Cl)c(Cl)c2)=NO1)C(=O)NCC. The summed E-state index contributed by atoms with van der Waals surface area (Å²) in [5, 5.41) is 7.96. The summed E-state index contributed by atoms with van der Waals surface area (Å²) >= 11 is 12.0. The molecule has 0 fully saturated rings. The van der Waals surface area contributed by atoms with Crippen molar-refractivity contribution in [2.75, 3.05) is 19.6 Å². The summed E-state index contributed by atoms with van der Waals surface area (Å²) in [6.45, 7) is 5.75. The smallest absolute Gasteiger partial charge is 0.317 e. The summed E-state index contributed by atoms with van der Waals surface area (Å²) in [4.78, 5) is 19.3. The van der Waals surface area contributed by atoms with Crippen molar-refractivity contribution in [2.24, 2.45) is 5.16 Å². The van der Waals surface area contributed by atoms with Crippen molar-refractivity contribution < 1.29 is 9.63 Å². The maximum Gasteiger partial charge on any atom is 0.317 e. The molecule has 1 N–H and O–H groups in total. The van der Waals surface area contributed by atoms with Crippen LogP contribution >= 0.6 is 23.2 Å². The molecule has 0 spiro atoms. The third-order valence-electron chi connectivity index (χ3n) is 3.52. The van der Waals surface area contributed by atoms with E-state index >= 15 is 0 Å². The molecule has 1 aromatic rings. The lowest BCUT2D eigenvalue weighted by Crippen LogP contribution is -2.44. The predicted octanol–water partition coefficient (Wildman–Crippen LogP) is 3.93. The van der Waals surface area contributed by atoms with Crippen molar-refractivity contribution in [3.63, 3.8) is 0 Å². The number of halogens is 2. The average Bonchev–Trinajstić information content (AvgIpc) is 2.98. The van der Waals surface area contributed by atoms with Crippen molar-refractivity contribution in [2.45, 2.75) is 32.8 Å². The maximum absolute atomic E-state index is 12.0. The highest BCUT2D eigenvalue weighted by atomic mass is 35.5. The molecule has 0 radical (unpaired) electrons. The second-order valence-corrected chi connectivity index (χ2v) is 6.19. The summed E-state index contributed by atoms with van der Waals surface area (Å²) < 4.78 is 0. The molecule has 126 valence electrons. The quantitative estimate of drug-likeness (QED) is 0.838. The fourth-order valence-corrected chi connectivity index (χ4v) is 2.73. The lowest BCUT2D eigenvalue weighted by Gasteiger charge is -2.24. The molecule has 1 aliphatic rings. The van der Waals surface area contributed by atoms with Crippen LogP contribution in [-0.2, 0) is 4.84 Å². The molecule has 5 nitrogen and oxygen atoms in total. The van der Waals surface area contributed by atoms with E-state index in [1.54, 1.807) is 17.0 Å². The second kappa shape index (κ2) is 8.41. The molecule has 1 aromatic carbocycles. The molecule has 23 heavy (non-hydrogen) atoms. The summed E-state index contributed by atoms with van der Waals surface area (Å²) in [5.74, 6) is 0. The van der Waals surface area contributed by atoms with E-state index in [2.05, 4.69) is 10.5 Å². The molecular formula is C16H21Cl2N3O2. The van der Waals surface area contributed by atoms with Crippen molar-refractivity contribution in [3.05, 3.63) is 33.8 Å². The molecule has 1 aliphatic heterocycles. The zero-order valence-electron chi connectivity index (χ0n) is 13.3. The van der Waals surface area contributed by atoms with Crippen LogP contribution in [0.1, 0.15) is 32.3 Å². The van der Waals surface area contributed by atoms with Gasteiger partial charge < -0.3 is 15.1 Å².